The Hall–Kier alpha value is -4.95. The number of nitrogens with zero attached hydrogens (tertiary/aromatic N) is 2. The first-order chi connectivity index (χ1) is 21.4. The Morgan fingerprint density at radius 2 is 1.57 bits per heavy atom. The van der Waals surface area contributed by atoms with Gasteiger partial charge in [-0.2, -0.15) is 0 Å². The van der Waals surface area contributed by atoms with Gasteiger partial charge in [0.05, 0.1) is 6.54 Å². The van der Waals surface area contributed by atoms with Crippen molar-refractivity contribution in [2.45, 2.75) is 25.4 Å². The summed E-state index contributed by atoms with van der Waals surface area (Å²) in [5.74, 6) is 0.606. The van der Waals surface area contributed by atoms with Gasteiger partial charge in [-0.1, -0.05) is 48.5 Å². The molecule has 5 aromatic rings. The Bertz CT molecular complexity index is 1740. The van der Waals surface area contributed by atoms with E-state index in [0.717, 1.165) is 23.0 Å². The van der Waals surface area contributed by atoms with Crippen LogP contribution in [0.25, 0.3) is 10.9 Å². The highest BCUT2D eigenvalue weighted by atomic mass is 19.1. The summed E-state index contributed by atoms with van der Waals surface area (Å²) in [6.07, 6.45) is 1.38. The van der Waals surface area contributed by atoms with Crippen LogP contribution in [-0.4, -0.2) is 40.4 Å². The van der Waals surface area contributed by atoms with Crippen LogP contribution in [0.2, 0.25) is 0 Å². The minimum Gasteiger partial charge on any atom is -0.457 e. The van der Waals surface area contributed by atoms with Gasteiger partial charge in [-0.25, -0.2) is 4.39 Å². The lowest BCUT2D eigenvalue weighted by Crippen LogP contribution is -2.46. The number of nitrogens with one attached hydrogen (secondary N) is 2. The second-order valence-corrected chi connectivity index (χ2v) is 11.3. The molecule has 2 heterocycles. The quantitative estimate of drug-likeness (QED) is 0.200. The molecule has 8 heteroatoms. The Balaban J connectivity index is 1.11. The summed E-state index contributed by atoms with van der Waals surface area (Å²) in [5.41, 5.74) is 4.03. The lowest BCUT2D eigenvalue weighted by molar-refractivity contribution is -0.135. The SMILES string of the molecule is Cn1c(CNCC(=O)N2C[C@H](Cc3ccccc3)C[C@H]2C(=O)Nc2ccc(Oc3ccc(F)cc3)cc2)cc2ccccc21. The van der Waals surface area contributed by atoms with E-state index in [2.05, 4.69) is 45.5 Å². The van der Waals surface area contributed by atoms with Gasteiger partial charge in [0.2, 0.25) is 11.8 Å². The molecule has 2 N–H and O–H groups in total. The molecule has 6 rings (SSSR count). The van der Waals surface area contributed by atoms with Crippen molar-refractivity contribution in [3.63, 3.8) is 0 Å². The molecule has 1 aliphatic rings. The van der Waals surface area contributed by atoms with Crippen LogP contribution in [0.4, 0.5) is 10.1 Å². The van der Waals surface area contributed by atoms with Crippen molar-refractivity contribution < 1.29 is 18.7 Å². The fourth-order valence-corrected chi connectivity index (χ4v) is 5.93. The number of amides is 2. The van der Waals surface area contributed by atoms with Crippen molar-refractivity contribution in [1.29, 1.82) is 0 Å². The number of hydrogen-bond acceptors (Lipinski definition) is 4. The Labute approximate surface area is 256 Å². The van der Waals surface area contributed by atoms with Crippen molar-refractivity contribution >= 4 is 28.4 Å². The molecule has 0 saturated carbocycles. The zero-order valence-corrected chi connectivity index (χ0v) is 24.6. The summed E-state index contributed by atoms with van der Waals surface area (Å²) < 4.78 is 21.1. The van der Waals surface area contributed by atoms with Crippen LogP contribution in [0, 0.1) is 11.7 Å². The number of anilines is 1. The van der Waals surface area contributed by atoms with E-state index >= 15 is 0 Å². The number of halogens is 1. The average Bonchev–Trinajstić information content (AvgIpc) is 3.61. The first-order valence-electron chi connectivity index (χ1n) is 14.8. The van der Waals surface area contributed by atoms with Gasteiger partial charge < -0.3 is 24.8 Å². The van der Waals surface area contributed by atoms with Crippen molar-refractivity contribution in [1.82, 2.24) is 14.8 Å². The van der Waals surface area contributed by atoms with Gasteiger partial charge >= 0.3 is 0 Å². The number of aromatic nitrogens is 1. The molecule has 224 valence electrons. The van der Waals surface area contributed by atoms with Gasteiger partial charge in [0.1, 0.15) is 23.4 Å². The van der Waals surface area contributed by atoms with E-state index in [0.29, 0.717) is 36.7 Å². The number of rotatable bonds is 10. The third kappa shape index (κ3) is 6.82. The van der Waals surface area contributed by atoms with Crippen LogP contribution in [-0.2, 0) is 29.6 Å². The second kappa shape index (κ2) is 13.1. The lowest BCUT2D eigenvalue weighted by atomic mass is 9.96. The van der Waals surface area contributed by atoms with Gasteiger partial charge in [0, 0.05) is 37.0 Å². The Morgan fingerprint density at radius 1 is 0.886 bits per heavy atom. The molecular weight excluding hydrogens is 555 g/mol. The minimum absolute atomic E-state index is 0.0949. The summed E-state index contributed by atoms with van der Waals surface area (Å²) in [5, 5.41) is 7.46. The summed E-state index contributed by atoms with van der Waals surface area (Å²) in [4.78, 5) is 28.8. The molecule has 0 spiro atoms. The smallest absolute Gasteiger partial charge is 0.247 e. The van der Waals surface area contributed by atoms with E-state index in [1.807, 2.05) is 37.4 Å². The van der Waals surface area contributed by atoms with Gasteiger partial charge in [0.15, 0.2) is 0 Å². The molecular formula is C36H35FN4O3. The van der Waals surface area contributed by atoms with Gasteiger partial charge in [0.25, 0.3) is 0 Å². The highest BCUT2D eigenvalue weighted by molar-refractivity contribution is 5.98. The predicted molar refractivity (Wildman–Crippen MR) is 170 cm³/mol. The molecule has 1 saturated heterocycles. The van der Waals surface area contributed by atoms with Crippen molar-refractivity contribution in [2.24, 2.45) is 13.0 Å². The molecule has 2 atom stereocenters. The largest absolute Gasteiger partial charge is 0.457 e. The zero-order chi connectivity index (χ0) is 30.5. The van der Waals surface area contributed by atoms with Crippen LogP contribution in [0.1, 0.15) is 17.7 Å². The van der Waals surface area contributed by atoms with Crippen LogP contribution < -0.4 is 15.4 Å². The predicted octanol–water partition coefficient (Wildman–Crippen LogP) is 6.30. The summed E-state index contributed by atoms with van der Waals surface area (Å²) >= 11 is 0. The standard InChI is InChI=1S/C36H35FN4O3/c1-40-30(21-27-9-5-6-10-33(27)40)22-38-23-35(42)41-24-26(19-25-7-3-2-4-8-25)20-34(41)36(43)39-29-13-17-32(18-14-29)44-31-15-11-28(37)12-16-31/h2-18,21,26,34,38H,19-20,22-24H2,1H3,(H,39,43)/t26-,34+/m1/s1. The maximum absolute atomic E-state index is 13.6. The molecule has 4 aromatic carbocycles. The summed E-state index contributed by atoms with van der Waals surface area (Å²) in [6.45, 7) is 1.20. The number of carbonyl (C=O) groups is 2. The van der Waals surface area contributed by atoms with E-state index in [1.165, 1.54) is 17.7 Å². The molecule has 0 unspecified atom stereocenters. The number of para-hydroxylation sites is 1. The third-order valence-electron chi connectivity index (χ3n) is 8.18. The zero-order valence-electron chi connectivity index (χ0n) is 24.6. The molecule has 2 amide bonds. The van der Waals surface area contributed by atoms with Crippen LogP contribution >= 0.6 is 0 Å². The van der Waals surface area contributed by atoms with E-state index in [4.69, 9.17) is 4.74 Å². The van der Waals surface area contributed by atoms with Gasteiger partial charge in [-0.15, -0.1) is 0 Å². The van der Waals surface area contributed by atoms with Crippen LogP contribution in [0.5, 0.6) is 11.5 Å². The number of likely N-dealkylation sites (tertiary alicyclic amines) is 1. The third-order valence-corrected chi connectivity index (χ3v) is 8.18. The fourth-order valence-electron chi connectivity index (χ4n) is 5.93. The van der Waals surface area contributed by atoms with Crippen LogP contribution in [0.15, 0.2) is 109 Å². The minimum atomic E-state index is -0.578. The maximum Gasteiger partial charge on any atom is 0.247 e. The highest BCUT2D eigenvalue weighted by Gasteiger charge is 2.39. The van der Waals surface area contributed by atoms with Crippen molar-refractivity contribution in [3.8, 4) is 11.5 Å². The molecule has 0 radical (unpaired) electrons. The lowest BCUT2D eigenvalue weighted by Gasteiger charge is -2.24. The molecule has 1 fully saturated rings. The number of hydrogen-bond donors (Lipinski definition) is 2. The molecule has 1 aromatic heterocycles. The van der Waals surface area contributed by atoms with E-state index in [1.54, 1.807) is 41.3 Å². The number of carbonyl (C=O) groups excluding carboxylic acids is 2. The average molecular weight is 591 g/mol. The van der Waals surface area contributed by atoms with Crippen molar-refractivity contribution in [3.05, 3.63) is 126 Å². The first kappa shape index (κ1) is 29.1. The fraction of sp³-hybridized carbons (Fsp3) is 0.222. The molecule has 0 bridgehead atoms. The number of fused-ring (bicyclic) bond motifs is 1. The van der Waals surface area contributed by atoms with E-state index in [-0.39, 0.29) is 30.1 Å². The number of benzene rings is 4. The molecule has 7 nitrogen and oxygen atoms in total. The highest BCUT2D eigenvalue weighted by Crippen LogP contribution is 2.29. The Morgan fingerprint density at radius 3 is 2.30 bits per heavy atom. The first-order valence-corrected chi connectivity index (χ1v) is 14.8. The normalized spacial score (nSPS) is 16.3. The van der Waals surface area contributed by atoms with Crippen molar-refractivity contribution in [2.75, 3.05) is 18.4 Å². The van der Waals surface area contributed by atoms with Gasteiger partial charge in [-0.05, 0) is 90.4 Å². The second-order valence-electron chi connectivity index (χ2n) is 11.3. The molecule has 0 aliphatic carbocycles. The molecule has 44 heavy (non-hydrogen) atoms. The number of ether oxygens (including phenoxy) is 1. The molecule has 1 aliphatic heterocycles. The Kier molecular flexibility index (Phi) is 8.70. The maximum atomic E-state index is 13.6. The topological polar surface area (TPSA) is 75.6 Å². The summed E-state index contributed by atoms with van der Waals surface area (Å²) in [7, 11) is 2.03. The van der Waals surface area contributed by atoms with E-state index < -0.39 is 6.04 Å². The number of aryl methyl sites for hydroxylation is 1. The van der Waals surface area contributed by atoms with E-state index in [9.17, 15) is 14.0 Å². The monoisotopic (exact) mass is 590 g/mol. The summed E-state index contributed by atoms with van der Waals surface area (Å²) in [6, 6.07) is 32.7. The van der Waals surface area contributed by atoms with Crippen LogP contribution in [0.3, 0.4) is 0 Å². The van der Waals surface area contributed by atoms with Gasteiger partial charge in [-0.3, -0.25) is 9.59 Å².